The van der Waals surface area contributed by atoms with E-state index < -0.39 is 6.10 Å². The van der Waals surface area contributed by atoms with E-state index in [1.165, 1.54) is 0 Å². The van der Waals surface area contributed by atoms with Gasteiger partial charge in [-0.1, -0.05) is 15.9 Å². The Labute approximate surface area is 115 Å². The Bertz CT molecular complexity index is 547. The summed E-state index contributed by atoms with van der Waals surface area (Å²) in [6.07, 6.45) is 0.719. The van der Waals surface area contributed by atoms with Gasteiger partial charge < -0.3 is 14.3 Å². The van der Waals surface area contributed by atoms with E-state index in [2.05, 4.69) is 15.9 Å². The normalized spacial score (nSPS) is 12.5. The van der Waals surface area contributed by atoms with E-state index in [9.17, 15) is 5.11 Å². The number of aliphatic hydroxyl groups excluding tert-OH is 1. The molecule has 0 saturated heterocycles. The number of rotatable bonds is 3. The van der Waals surface area contributed by atoms with Gasteiger partial charge in [-0.05, 0) is 43.2 Å². The van der Waals surface area contributed by atoms with Crippen LogP contribution in [0.3, 0.4) is 0 Å². The van der Waals surface area contributed by atoms with Crippen molar-refractivity contribution in [3.8, 4) is 5.75 Å². The van der Waals surface area contributed by atoms with Gasteiger partial charge >= 0.3 is 0 Å². The minimum absolute atomic E-state index is 0.508. The van der Waals surface area contributed by atoms with Crippen LogP contribution in [0.5, 0.6) is 5.75 Å². The lowest BCUT2D eigenvalue weighted by Gasteiger charge is -2.19. The van der Waals surface area contributed by atoms with E-state index in [1.54, 1.807) is 25.5 Å². The number of benzene rings is 1. The number of ether oxygens (including phenoxy) is 1. The van der Waals surface area contributed by atoms with Gasteiger partial charge in [0.05, 0.1) is 13.4 Å². The lowest BCUT2D eigenvalue weighted by atomic mass is 9.97. The Kier molecular flexibility index (Phi) is 3.78. The molecule has 96 valence electrons. The maximum absolute atomic E-state index is 10.4. The molecule has 0 fully saturated rings. The standard InChI is InChI=1S/C14H15BrO3/c1-8-7-10(15)9(2)12(14(8)17-3)13(16)11-5-4-6-18-11/h4-7,13,16H,1-3H3. The molecule has 4 heteroatoms. The summed E-state index contributed by atoms with van der Waals surface area (Å²) in [5.41, 5.74) is 2.65. The minimum Gasteiger partial charge on any atom is -0.496 e. The average molecular weight is 311 g/mol. The number of aryl methyl sites for hydroxylation is 1. The highest BCUT2D eigenvalue weighted by Gasteiger charge is 2.23. The molecule has 2 rings (SSSR count). The molecule has 1 atom stereocenters. The van der Waals surface area contributed by atoms with Crippen molar-refractivity contribution in [1.82, 2.24) is 0 Å². The first-order valence-electron chi connectivity index (χ1n) is 5.61. The van der Waals surface area contributed by atoms with Crippen molar-refractivity contribution in [2.45, 2.75) is 20.0 Å². The minimum atomic E-state index is -0.828. The summed E-state index contributed by atoms with van der Waals surface area (Å²) in [6, 6.07) is 5.48. The van der Waals surface area contributed by atoms with Crippen LogP contribution in [-0.2, 0) is 0 Å². The van der Waals surface area contributed by atoms with Crippen LogP contribution in [0.2, 0.25) is 0 Å². The highest BCUT2D eigenvalue weighted by molar-refractivity contribution is 9.10. The smallest absolute Gasteiger partial charge is 0.140 e. The summed E-state index contributed by atoms with van der Waals surface area (Å²) < 4.78 is 11.6. The number of hydrogen-bond acceptors (Lipinski definition) is 3. The second-order valence-electron chi connectivity index (χ2n) is 4.17. The van der Waals surface area contributed by atoms with Gasteiger partial charge in [0.1, 0.15) is 17.6 Å². The molecule has 2 aromatic rings. The third-order valence-electron chi connectivity index (χ3n) is 3.00. The molecule has 1 aromatic carbocycles. The molecule has 0 spiro atoms. The fourth-order valence-electron chi connectivity index (χ4n) is 2.06. The molecular formula is C14H15BrO3. The Morgan fingerprint density at radius 1 is 1.39 bits per heavy atom. The molecule has 3 nitrogen and oxygen atoms in total. The van der Waals surface area contributed by atoms with Crippen LogP contribution >= 0.6 is 15.9 Å². The van der Waals surface area contributed by atoms with Gasteiger partial charge in [0.15, 0.2) is 0 Å². The molecular weight excluding hydrogens is 296 g/mol. The van der Waals surface area contributed by atoms with Crippen LogP contribution in [0.4, 0.5) is 0 Å². The van der Waals surface area contributed by atoms with Crippen molar-refractivity contribution in [3.05, 3.63) is 51.4 Å². The van der Waals surface area contributed by atoms with Gasteiger partial charge in [-0.25, -0.2) is 0 Å². The van der Waals surface area contributed by atoms with E-state index in [1.807, 2.05) is 19.9 Å². The molecule has 0 aliphatic carbocycles. The Balaban J connectivity index is 2.62. The zero-order chi connectivity index (χ0) is 13.3. The number of methoxy groups -OCH3 is 1. The van der Waals surface area contributed by atoms with Gasteiger partial charge in [0, 0.05) is 10.0 Å². The summed E-state index contributed by atoms with van der Waals surface area (Å²) >= 11 is 3.49. The largest absolute Gasteiger partial charge is 0.496 e. The number of aliphatic hydroxyl groups is 1. The van der Waals surface area contributed by atoms with E-state index >= 15 is 0 Å². The van der Waals surface area contributed by atoms with E-state index in [4.69, 9.17) is 9.15 Å². The highest BCUT2D eigenvalue weighted by atomic mass is 79.9. The topological polar surface area (TPSA) is 42.6 Å². The van der Waals surface area contributed by atoms with Crippen molar-refractivity contribution in [2.75, 3.05) is 7.11 Å². The molecule has 1 unspecified atom stereocenters. The van der Waals surface area contributed by atoms with Crippen molar-refractivity contribution < 1.29 is 14.3 Å². The van der Waals surface area contributed by atoms with E-state index in [-0.39, 0.29) is 0 Å². The van der Waals surface area contributed by atoms with Crippen molar-refractivity contribution >= 4 is 15.9 Å². The van der Waals surface area contributed by atoms with Crippen LogP contribution in [0.25, 0.3) is 0 Å². The zero-order valence-corrected chi connectivity index (χ0v) is 12.1. The third kappa shape index (κ3) is 2.18. The molecule has 0 aliphatic rings. The third-order valence-corrected chi connectivity index (χ3v) is 3.82. The maximum Gasteiger partial charge on any atom is 0.140 e. The van der Waals surface area contributed by atoms with E-state index in [0.717, 1.165) is 21.2 Å². The van der Waals surface area contributed by atoms with Crippen LogP contribution in [0.15, 0.2) is 33.4 Å². The Hall–Kier alpha value is -1.26. The fraction of sp³-hybridized carbons (Fsp3) is 0.286. The molecule has 0 amide bonds. The van der Waals surface area contributed by atoms with Crippen molar-refractivity contribution in [1.29, 1.82) is 0 Å². The fourth-order valence-corrected chi connectivity index (χ4v) is 2.62. The Morgan fingerprint density at radius 2 is 2.11 bits per heavy atom. The van der Waals surface area contributed by atoms with E-state index in [0.29, 0.717) is 11.5 Å². The monoisotopic (exact) mass is 310 g/mol. The lowest BCUT2D eigenvalue weighted by molar-refractivity contribution is 0.184. The van der Waals surface area contributed by atoms with Crippen LogP contribution in [-0.4, -0.2) is 12.2 Å². The molecule has 1 aromatic heterocycles. The average Bonchev–Trinajstić information content (AvgIpc) is 2.86. The number of hydrogen-bond donors (Lipinski definition) is 1. The first-order valence-corrected chi connectivity index (χ1v) is 6.40. The van der Waals surface area contributed by atoms with Crippen molar-refractivity contribution in [3.63, 3.8) is 0 Å². The summed E-state index contributed by atoms with van der Waals surface area (Å²) in [5, 5.41) is 10.4. The Morgan fingerprint density at radius 3 is 2.67 bits per heavy atom. The summed E-state index contributed by atoms with van der Waals surface area (Å²) in [5.74, 6) is 1.20. The summed E-state index contributed by atoms with van der Waals surface area (Å²) in [6.45, 7) is 3.88. The predicted octanol–water partition coefficient (Wildman–Crippen LogP) is 3.75. The second-order valence-corrected chi connectivity index (χ2v) is 5.02. The molecule has 0 radical (unpaired) electrons. The van der Waals surface area contributed by atoms with Gasteiger partial charge in [-0.3, -0.25) is 0 Å². The number of furan rings is 1. The van der Waals surface area contributed by atoms with Crippen LogP contribution in [0.1, 0.15) is 28.6 Å². The van der Waals surface area contributed by atoms with Gasteiger partial charge in [0.2, 0.25) is 0 Å². The zero-order valence-electron chi connectivity index (χ0n) is 10.5. The molecule has 0 aliphatic heterocycles. The molecule has 1 N–H and O–H groups in total. The molecule has 1 heterocycles. The van der Waals surface area contributed by atoms with Gasteiger partial charge in [0.25, 0.3) is 0 Å². The van der Waals surface area contributed by atoms with Gasteiger partial charge in [-0.2, -0.15) is 0 Å². The van der Waals surface area contributed by atoms with Crippen LogP contribution < -0.4 is 4.74 Å². The van der Waals surface area contributed by atoms with Crippen LogP contribution in [0, 0.1) is 13.8 Å². The lowest BCUT2D eigenvalue weighted by Crippen LogP contribution is -2.06. The molecule has 0 saturated carbocycles. The molecule has 18 heavy (non-hydrogen) atoms. The first-order chi connectivity index (χ1) is 8.56. The predicted molar refractivity (Wildman–Crippen MR) is 72.9 cm³/mol. The summed E-state index contributed by atoms with van der Waals surface area (Å²) in [7, 11) is 1.61. The van der Waals surface area contributed by atoms with Gasteiger partial charge in [-0.15, -0.1) is 0 Å². The SMILES string of the molecule is COc1c(C)cc(Br)c(C)c1C(O)c1ccco1. The molecule has 0 bridgehead atoms. The maximum atomic E-state index is 10.4. The number of halogens is 1. The first kappa shape index (κ1) is 13.2. The highest BCUT2D eigenvalue weighted by Crippen LogP contribution is 2.38. The quantitative estimate of drug-likeness (QED) is 0.939. The van der Waals surface area contributed by atoms with Crippen molar-refractivity contribution in [2.24, 2.45) is 0 Å². The second kappa shape index (κ2) is 5.16. The summed E-state index contributed by atoms with van der Waals surface area (Å²) in [4.78, 5) is 0.